The molecule has 0 spiro atoms. The third-order valence-electron chi connectivity index (χ3n) is 4.24. The first-order valence-corrected chi connectivity index (χ1v) is 8.25. The second kappa shape index (κ2) is 6.98. The molecule has 7 heteroatoms. The van der Waals surface area contributed by atoms with Crippen LogP contribution in [0.4, 0.5) is 5.69 Å². The fourth-order valence-corrected chi connectivity index (χ4v) is 2.89. The van der Waals surface area contributed by atoms with Crippen LogP contribution in [0.1, 0.15) is 16.1 Å². The number of rotatable bonds is 4. The van der Waals surface area contributed by atoms with Crippen molar-refractivity contribution in [3.63, 3.8) is 0 Å². The highest BCUT2D eigenvalue weighted by atomic mass is 16.7. The zero-order valence-corrected chi connectivity index (χ0v) is 13.7. The molecule has 0 unspecified atom stereocenters. The molecule has 1 fully saturated rings. The molecule has 130 valence electrons. The molecular formula is C18H19N3O4. The van der Waals surface area contributed by atoms with Gasteiger partial charge in [0.1, 0.15) is 5.69 Å². The predicted octanol–water partition coefficient (Wildman–Crippen LogP) is 1.58. The Morgan fingerprint density at radius 3 is 2.84 bits per heavy atom. The van der Waals surface area contributed by atoms with Crippen molar-refractivity contribution in [1.29, 1.82) is 0 Å². The minimum atomic E-state index is -0.201. The van der Waals surface area contributed by atoms with Crippen LogP contribution in [0.5, 0.6) is 11.5 Å². The molecule has 2 aliphatic rings. The van der Waals surface area contributed by atoms with Crippen LogP contribution in [0.25, 0.3) is 0 Å². The number of pyridine rings is 1. The Kier molecular flexibility index (Phi) is 4.39. The minimum Gasteiger partial charge on any atom is -0.454 e. The maximum atomic E-state index is 12.4. The van der Waals surface area contributed by atoms with Gasteiger partial charge in [-0.1, -0.05) is 6.07 Å². The van der Waals surface area contributed by atoms with Gasteiger partial charge in [0.05, 0.1) is 13.2 Å². The van der Waals surface area contributed by atoms with Crippen molar-refractivity contribution in [2.75, 3.05) is 38.0 Å². The van der Waals surface area contributed by atoms with Gasteiger partial charge < -0.3 is 24.4 Å². The summed E-state index contributed by atoms with van der Waals surface area (Å²) in [6, 6.07) is 9.37. The first kappa shape index (κ1) is 15.7. The van der Waals surface area contributed by atoms with Crippen molar-refractivity contribution in [2.45, 2.75) is 6.54 Å². The maximum Gasteiger partial charge on any atom is 0.270 e. The Bertz CT molecular complexity index is 775. The number of ether oxygens (including phenoxy) is 3. The molecule has 0 aliphatic carbocycles. The predicted molar refractivity (Wildman–Crippen MR) is 91.0 cm³/mol. The van der Waals surface area contributed by atoms with Crippen molar-refractivity contribution in [3.05, 3.63) is 47.8 Å². The van der Waals surface area contributed by atoms with E-state index in [0.29, 0.717) is 31.2 Å². The van der Waals surface area contributed by atoms with Gasteiger partial charge in [0.2, 0.25) is 6.79 Å². The highest BCUT2D eigenvalue weighted by Crippen LogP contribution is 2.32. The smallest absolute Gasteiger partial charge is 0.270 e. The molecule has 1 saturated heterocycles. The summed E-state index contributed by atoms with van der Waals surface area (Å²) in [5.41, 5.74) is 2.35. The van der Waals surface area contributed by atoms with Gasteiger partial charge in [0.25, 0.3) is 5.91 Å². The van der Waals surface area contributed by atoms with Crippen LogP contribution < -0.4 is 19.7 Å². The van der Waals surface area contributed by atoms with E-state index in [4.69, 9.17) is 14.2 Å². The summed E-state index contributed by atoms with van der Waals surface area (Å²) in [5, 5.41) is 2.90. The lowest BCUT2D eigenvalue weighted by molar-refractivity contribution is 0.0946. The van der Waals surface area contributed by atoms with Gasteiger partial charge in [-0.2, -0.15) is 0 Å². The maximum absolute atomic E-state index is 12.4. The number of anilines is 1. The normalized spacial score (nSPS) is 15.9. The lowest BCUT2D eigenvalue weighted by Gasteiger charge is -2.28. The first-order chi connectivity index (χ1) is 12.3. The Balaban J connectivity index is 1.41. The van der Waals surface area contributed by atoms with Gasteiger partial charge in [-0.15, -0.1) is 0 Å². The molecule has 7 nitrogen and oxygen atoms in total. The highest BCUT2D eigenvalue weighted by molar-refractivity contribution is 5.93. The monoisotopic (exact) mass is 341 g/mol. The fraction of sp³-hybridized carbons (Fsp3) is 0.333. The third-order valence-corrected chi connectivity index (χ3v) is 4.24. The molecule has 1 aromatic heterocycles. The summed E-state index contributed by atoms with van der Waals surface area (Å²) in [5.74, 6) is 1.24. The van der Waals surface area contributed by atoms with E-state index in [0.717, 1.165) is 30.1 Å². The van der Waals surface area contributed by atoms with Crippen molar-refractivity contribution in [2.24, 2.45) is 0 Å². The molecule has 1 N–H and O–H groups in total. The van der Waals surface area contributed by atoms with Crippen LogP contribution in [0, 0.1) is 0 Å². The lowest BCUT2D eigenvalue weighted by Crippen LogP contribution is -2.36. The largest absolute Gasteiger partial charge is 0.454 e. The molecule has 4 rings (SSSR count). The second-order valence-corrected chi connectivity index (χ2v) is 5.87. The van der Waals surface area contributed by atoms with Gasteiger partial charge in [0, 0.05) is 31.5 Å². The number of carbonyl (C=O) groups is 1. The number of benzene rings is 1. The molecule has 3 heterocycles. The minimum absolute atomic E-state index is 0.201. The number of amides is 1. The molecule has 0 radical (unpaired) electrons. The third kappa shape index (κ3) is 3.51. The molecule has 0 saturated carbocycles. The fourth-order valence-electron chi connectivity index (χ4n) is 2.89. The quantitative estimate of drug-likeness (QED) is 0.910. The lowest BCUT2D eigenvalue weighted by atomic mass is 10.2. The zero-order chi connectivity index (χ0) is 17.1. The van der Waals surface area contributed by atoms with Gasteiger partial charge in [-0.3, -0.25) is 9.78 Å². The van der Waals surface area contributed by atoms with E-state index in [1.54, 1.807) is 6.20 Å². The number of hydrogen-bond acceptors (Lipinski definition) is 6. The number of nitrogens with zero attached hydrogens (tertiary/aromatic N) is 2. The number of morpholine rings is 1. The highest BCUT2D eigenvalue weighted by Gasteiger charge is 2.16. The number of fused-ring (bicyclic) bond motifs is 1. The number of aromatic nitrogens is 1. The van der Waals surface area contributed by atoms with Crippen LogP contribution in [0.15, 0.2) is 36.5 Å². The molecule has 0 bridgehead atoms. The average Bonchev–Trinajstić information content (AvgIpc) is 3.15. The average molecular weight is 341 g/mol. The second-order valence-electron chi connectivity index (χ2n) is 5.87. The van der Waals surface area contributed by atoms with Crippen molar-refractivity contribution >= 4 is 11.6 Å². The number of nitrogens with one attached hydrogen (secondary N) is 1. The van der Waals surface area contributed by atoms with Crippen molar-refractivity contribution in [1.82, 2.24) is 10.3 Å². The van der Waals surface area contributed by atoms with Gasteiger partial charge >= 0.3 is 0 Å². The molecule has 25 heavy (non-hydrogen) atoms. The number of hydrogen-bond donors (Lipinski definition) is 1. The molecule has 2 aliphatic heterocycles. The summed E-state index contributed by atoms with van der Waals surface area (Å²) in [7, 11) is 0. The standard InChI is InChI=1S/C18H19N3O4/c22-18(20-11-13-1-2-16-17(9-13)25-12-24-16)15-10-14(3-4-19-15)21-5-7-23-8-6-21/h1-4,9-10H,5-8,11-12H2,(H,20,22). The zero-order valence-electron chi connectivity index (χ0n) is 13.7. The van der Waals surface area contributed by atoms with Crippen LogP contribution >= 0.6 is 0 Å². The summed E-state index contributed by atoms with van der Waals surface area (Å²) < 4.78 is 16.0. The van der Waals surface area contributed by atoms with E-state index in [1.807, 2.05) is 30.3 Å². The Morgan fingerprint density at radius 2 is 1.96 bits per heavy atom. The van der Waals surface area contributed by atoms with E-state index < -0.39 is 0 Å². The van der Waals surface area contributed by atoms with E-state index in [-0.39, 0.29) is 12.7 Å². The molecule has 0 atom stereocenters. The SMILES string of the molecule is O=C(NCc1ccc2c(c1)OCO2)c1cc(N2CCOCC2)ccn1. The molecule has 2 aromatic rings. The summed E-state index contributed by atoms with van der Waals surface area (Å²) in [6.45, 7) is 3.69. The summed E-state index contributed by atoms with van der Waals surface area (Å²) >= 11 is 0. The molecular weight excluding hydrogens is 322 g/mol. The van der Waals surface area contributed by atoms with Gasteiger partial charge in [0.15, 0.2) is 11.5 Å². The number of carbonyl (C=O) groups excluding carboxylic acids is 1. The van der Waals surface area contributed by atoms with Gasteiger partial charge in [-0.05, 0) is 29.8 Å². The van der Waals surface area contributed by atoms with Crippen LogP contribution in [0.2, 0.25) is 0 Å². The van der Waals surface area contributed by atoms with E-state index in [1.165, 1.54) is 0 Å². The van der Waals surface area contributed by atoms with E-state index >= 15 is 0 Å². The Morgan fingerprint density at radius 1 is 1.12 bits per heavy atom. The van der Waals surface area contributed by atoms with E-state index in [9.17, 15) is 4.79 Å². The summed E-state index contributed by atoms with van der Waals surface area (Å²) in [6.07, 6.45) is 1.67. The van der Waals surface area contributed by atoms with Crippen molar-refractivity contribution < 1.29 is 19.0 Å². The Hall–Kier alpha value is -2.80. The molecule has 1 amide bonds. The van der Waals surface area contributed by atoms with E-state index in [2.05, 4.69) is 15.2 Å². The Labute approximate surface area is 145 Å². The van der Waals surface area contributed by atoms with Crippen molar-refractivity contribution in [3.8, 4) is 11.5 Å². The first-order valence-electron chi connectivity index (χ1n) is 8.25. The molecule has 1 aromatic carbocycles. The van der Waals surface area contributed by atoms with Crippen LogP contribution in [-0.4, -0.2) is 44.0 Å². The summed E-state index contributed by atoms with van der Waals surface area (Å²) in [4.78, 5) is 18.8. The van der Waals surface area contributed by atoms with Gasteiger partial charge in [-0.25, -0.2) is 0 Å². The van der Waals surface area contributed by atoms with Crippen LogP contribution in [0.3, 0.4) is 0 Å². The van der Waals surface area contributed by atoms with Crippen LogP contribution in [-0.2, 0) is 11.3 Å². The topological polar surface area (TPSA) is 72.9 Å².